The molecule has 7 heteroatoms. The van der Waals surface area contributed by atoms with Gasteiger partial charge in [-0.05, 0) is 93.6 Å². The minimum absolute atomic E-state index is 0.442. The largest absolute Gasteiger partial charge is 0.376 e. The monoisotopic (exact) mass is 465 g/mol. The first-order valence-corrected chi connectivity index (χ1v) is 11.9. The van der Waals surface area contributed by atoms with Crippen molar-refractivity contribution < 1.29 is 9.63 Å². The lowest BCUT2D eigenvalue weighted by Crippen LogP contribution is -2.30. The molecule has 0 radical (unpaired) electrons. The van der Waals surface area contributed by atoms with Gasteiger partial charge in [-0.25, -0.2) is 4.98 Å². The summed E-state index contributed by atoms with van der Waals surface area (Å²) in [6.45, 7) is 7.70. The van der Waals surface area contributed by atoms with Crippen molar-refractivity contribution in [3.8, 4) is 11.1 Å². The van der Waals surface area contributed by atoms with Gasteiger partial charge in [0.05, 0.1) is 16.7 Å². The molecule has 1 aliphatic carbocycles. The van der Waals surface area contributed by atoms with Crippen LogP contribution < -0.4 is 0 Å². The Morgan fingerprint density at radius 3 is 2.14 bits per heavy atom. The molecule has 0 aliphatic heterocycles. The summed E-state index contributed by atoms with van der Waals surface area (Å²) in [5, 5.41) is 16.9. The number of imidazole rings is 1. The molecular weight excluding hydrogens is 438 g/mol. The number of aliphatic hydroxyl groups is 1. The fraction of sp³-hybridized carbons (Fsp3) is 0.286. The van der Waals surface area contributed by atoms with Crippen molar-refractivity contribution in [1.29, 1.82) is 0 Å². The minimum Gasteiger partial charge on any atom is -0.376 e. The Morgan fingerprint density at radius 1 is 0.943 bits per heavy atom. The van der Waals surface area contributed by atoms with E-state index in [4.69, 9.17) is 9.51 Å². The molecule has 2 N–H and O–H groups in total. The molecule has 35 heavy (non-hydrogen) atoms. The van der Waals surface area contributed by atoms with Crippen LogP contribution in [-0.4, -0.2) is 30.2 Å². The highest BCUT2D eigenvalue weighted by Crippen LogP contribution is 2.45. The maximum atomic E-state index is 12.7. The third kappa shape index (κ3) is 3.54. The second-order valence-corrected chi connectivity index (χ2v) is 9.60. The van der Waals surface area contributed by atoms with Gasteiger partial charge in [0.15, 0.2) is 0 Å². The summed E-state index contributed by atoms with van der Waals surface area (Å²) >= 11 is 0. The van der Waals surface area contributed by atoms with Crippen LogP contribution in [0.15, 0.2) is 53.3 Å². The molecule has 1 aromatic carbocycles. The Bertz CT molecular complexity index is 1510. The van der Waals surface area contributed by atoms with Crippen molar-refractivity contribution in [3.63, 3.8) is 0 Å². The molecule has 4 heterocycles. The first kappa shape index (κ1) is 21.7. The Kier molecular flexibility index (Phi) is 4.86. The number of aromatic nitrogens is 5. The van der Waals surface area contributed by atoms with E-state index in [1.165, 1.54) is 0 Å². The number of nitrogens with zero attached hydrogens (tertiary/aromatic N) is 4. The van der Waals surface area contributed by atoms with Crippen LogP contribution in [0.3, 0.4) is 0 Å². The van der Waals surface area contributed by atoms with Crippen LogP contribution in [0.5, 0.6) is 0 Å². The second-order valence-electron chi connectivity index (χ2n) is 9.60. The molecule has 7 nitrogen and oxygen atoms in total. The number of rotatable bonds is 5. The van der Waals surface area contributed by atoms with Crippen LogP contribution in [0, 0.1) is 27.7 Å². The van der Waals surface area contributed by atoms with Crippen molar-refractivity contribution in [3.05, 3.63) is 94.1 Å². The minimum atomic E-state index is -1.48. The van der Waals surface area contributed by atoms with Crippen LogP contribution >= 0.6 is 0 Å². The molecule has 0 saturated heterocycles. The standard InChI is InChI=1S/C28H27N5O2/c1-15-11-21(7-9-29-15)28(34,22-8-10-30-16(2)12-22)23-13-20(25-17(3)33-35-18(25)4)14-24-26(23)32-27(31-24)19-5-6-19/h7-14,19,34H,5-6H2,1-4H3,(H,31,32). The van der Waals surface area contributed by atoms with Crippen LogP contribution in [-0.2, 0) is 5.60 Å². The van der Waals surface area contributed by atoms with Gasteiger partial charge in [-0.2, -0.15) is 0 Å². The van der Waals surface area contributed by atoms with Crippen molar-refractivity contribution in [1.82, 2.24) is 25.1 Å². The van der Waals surface area contributed by atoms with E-state index in [0.29, 0.717) is 11.5 Å². The van der Waals surface area contributed by atoms with Gasteiger partial charge in [-0.3, -0.25) is 9.97 Å². The van der Waals surface area contributed by atoms with E-state index in [0.717, 1.165) is 74.8 Å². The number of pyridine rings is 2. The van der Waals surface area contributed by atoms with Crippen molar-refractivity contribution in [2.45, 2.75) is 52.1 Å². The van der Waals surface area contributed by atoms with Gasteiger partial charge in [0, 0.05) is 40.8 Å². The molecule has 0 amide bonds. The number of aromatic amines is 1. The number of fused-ring (bicyclic) bond motifs is 1. The van der Waals surface area contributed by atoms with Crippen molar-refractivity contribution in [2.75, 3.05) is 0 Å². The van der Waals surface area contributed by atoms with Crippen molar-refractivity contribution >= 4 is 11.0 Å². The maximum Gasteiger partial charge on any atom is 0.142 e. The Balaban J connectivity index is 1.71. The zero-order valence-corrected chi connectivity index (χ0v) is 20.3. The summed E-state index contributed by atoms with van der Waals surface area (Å²) in [4.78, 5) is 17.3. The molecule has 0 atom stereocenters. The summed E-state index contributed by atoms with van der Waals surface area (Å²) < 4.78 is 5.49. The Morgan fingerprint density at radius 2 is 1.60 bits per heavy atom. The zero-order valence-electron chi connectivity index (χ0n) is 20.3. The number of hydrogen-bond donors (Lipinski definition) is 2. The predicted octanol–water partition coefficient (Wildman–Crippen LogP) is 5.40. The fourth-order valence-electron chi connectivity index (χ4n) is 5.02. The molecule has 1 fully saturated rings. The molecule has 0 unspecified atom stereocenters. The quantitative estimate of drug-likeness (QED) is 0.360. The molecular formula is C28H27N5O2. The molecule has 1 aliphatic rings. The van der Waals surface area contributed by atoms with E-state index in [9.17, 15) is 5.11 Å². The van der Waals surface area contributed by atoms with Gasteiger partial charge in [-0.1, -0.05) is 5.16 Å². The first-order chi connectivity index (χ1) is 16.8. The van der Waals surface area contributed by atoms with Gasteiger partial charge < -0.3 is 14.6 Å². The fourth-order valence-corrected chi connectivity index (χ4v) is 5.02. The Labute approximate surface area is 203 Å². The molecule has 0 spiro atoms. The summed E-state index contributed by atoms with van der Waals surface area (Å²) in [6, 6.07) is 11.7. The number of nitrogens with one attached hydrogen (secondary N) is 1. The van der Waals surface area contributed by atoms with Crippen LogP contribution in [0.1, 0.15) is 64.1 Å². The van der Waals surface area contributed by atoms with Crippen LogP contribution in [0.4, 0.5) is 0 Å². The molecule has 1 saturated carbocycles. The normalized spacial score (nSPS) is 14.1. The lowest BCUT2D eigenvalue weighted by atomic mass is 9.79. The molecule has 4 aromatic heterocycles. The van der Waals surface area contributed by atoms with Gasteiger partial charge in [0.2, 0.25) is 0 Å². The lowest BCUT2D eigenvalue weighted by molar-refractivity contribution is 0.127. The van der Waals surface area contributed by atoms with E-state index in [1.807, 2.05) is 58.0 Å². The summed E-state index contributed by atoms with van der Waals surface area (Å²) in [5.41, 5.74) is 6.61. The third-order valence-electron chi connectivity index (χ3n) is 6.91. The number of hydrogen-bond acceptors (Lipinski definition) is 6. The SMILES string of the molecule is Cc1cc(C(O)(c2ccnc(C)c2)c2cc(-c3c(C)noc3C)cc3[nH]c(C4CC4)nc23)ccn1. The number of benzene rings is 1. The van der Waals surface area contributed by atoms with Gasteiger partial charge >= 0.3 is 0 Å². The lowest BCUT2D eigenvalue weighted by Gasteiger charge is -2.31. The van der Waals surface area contributed by atoms with E-state index < -0.39 is 5.60 Å². The van der Waals surface area contributed by atoms with Gasteiger partial charge in [-0.15, -0.1) is 0 Å². The maximum absolute atomic E-state index is 12.7. The third-order valence-corrected chi connectivity index (χ3v) is 6.91. The van der Waals surface area contributed by atoms with E-state index >= 15 is 0 Å². The highest BCUT2D eigenvalue weighted by Gasteiger charge is 2.38. The predicted molar refractivity (Wildman–Crippen MR) is 133 cm³/mol. The van der Waals surface area contributed by atoms with Crippen LogP contribution in [0.2, 0.25) is 0 Å². The van der Waals surface area contributed by atoms with Crippen molar-refractivity contribution in [2.24, 2.45) is 0 Å². The van der Waals surface area contributed by atoms with E-state index in [-0.39, 0.29) is 0 Å². The molecule has 176 valence electrons. The average Bonchev–Trinajstić information content (AvgIpc) is 3.52. The average molecular weight is 466 g/mol. The van der Waals surface area contributed by atoms with Gasteiger partial charge in [0.1, 0.15) is 17.2 Å². The topological polar surface area (TPSA) is 101 Å². The Hall–Kier alpha value is -3.84. The zero-order chi connectivity index (χ0) is 24.3. The smallest absolute Gasteiger partial charge is 0.142 e. The van der Waals surface area contributed by atoms with Crippen LogP contribution in [0.25, 0.3) is 22.2 Å². The molecule has 6 rings (SSSR count). The second kappa shape index (κ2) is 7.85. The first-order valence-electron chi connectivity index (χ1n) is 11.9. The summed E-state index contributed by atoms with van der Waals surface area (Å²) in [7, 11) is 0. The van der Waals surface area contributed by atoms with E-state index in [1.54, 1.807) is 12.4 Å². The highest BCUT2D eigenvalue weighted by atomic mass is 16.5. The molecule has 0 bridgehead atoms. The number of H-pyrrole nitrogens is 1. The highest BCUT2D eigenvalue weighted by molar-refractivity contribution is 5.88. The number of aryl methyl sites for hydroxylation is 4. The molecule has 5 aromatic rings. The van der Waals surface area contributed by atoms with E-state index in [2.05, 4.69) is 26.2 Å². The summed E-state index contributed by atoms with van der Waals surface area (Å²) in [5.74, 6) is 2.14. The summed E-state index contributed by atoms with van der Waals surface area (Å²) in [6.07, 6.45) is 5.73. The van der Waals surface area contributed by atoms with Gasteiger partial charge in [0.25, 0.3) is 0 Å².